The topological polar surface area (TPSA) is 99.8 Å². The average molecular weight is 470 g/mol. The van der Waals surface area contributed by atoms with E-state index in [1.165, 1.54) is 6.92 Å². The Morgan fingerprint density at radius 1 is 1.13 bits per heavy atom. The van der Waals surface area contributed by atoms with Crippen molar-refractivity contribution in [2.75, 3.05) is 16.4 Å². The van der Waals surface area contributed by atoms with E-state index in [-0.39, 0.29) is 27.5 Å². The Balaban J connectivity index is 1.59. The smallest absolute Gasteiger partial charge is 0.326 e. The maximum atomic E-state index is 12.8. The summed E-state index contributed by atoms with van der Waals surface area (Å²) in [6, 6.07) is 9.58. The number of hydrogen-bond donors (Lipinski definition) is 3. The number of carbonyl (C=O) groups is 2. The summed E-state index contributed by atoms with van der Waals surface area (Å²) >= 11 is 6.88. The third kappa shape index (κ3) is 6.22. The summed E-state index contributed by atoms with van der Waals surface area (Å²) in [7, 11) is 0. The second-order valence-electron chi connectivity index (χ2n) is 6.25. The number of amides is 2. The number of nitrogens with zero attached hydrogens (tertiary/aromatic N) is 2. The number of thioether (sulfide) groups is 1. The van der Waals surface area contributed by atoms with Crippen molar-refractivity contribution in [3.63, 3.8) is 0 Å². The van der Waals surface area contributed by atoms with Gasteiger partial charge in [-0.25, -0.2) is 4.98 Å². The molecule has 0 atom stereocenters. The minimum atomic E-state index is -4.55. The van der Waals surface area contributed by atoms with Gasteiger partial charge in [0.2, 0.25) is 17.0 Å². The molecule has 0 aliphatic carbocycles. The van der Waals surface area contributed by atoms with Gasteiger partial charge in [0.1, 0.15) is 0 Å². The van der Waals surface area contributed by atoms with Crippen LogP contribution in [0.25, 0.3) is 11.4 Å². The molecule has 3 aromatic rings. The summed E-state index contributed by atoms with van der Waals surface area (Å²) < 4.78 is 38.5. The van der Waals surface area contributed by atoms with Crippen LogP contribution in [0.5, 0.6) is 0 Å². The number of aromatic nitrogens is 3. The first-order valence-corrected chi connectivity index (χ1v) is 10.1. The summed E-state index contributed by atoms with van der Waals surface area (Å²) in [5, 5.41) is 12.0. The van der Waals surface area contributed by atoms with E-state index in [9.17, 15) is 22.8 Å². The van der Waals surface area contributed by atoms with E-state index in [0.29, 0.717) is 17.1 Å². The van der Waals surface area contributed by atoms with E-state index < -0.39 is 17.6 Å². The van der Waals surface area contributed by atoms with Gasteiger partial charge in [-0.15, -0.1) is 5.10 Å². The van der Waals surface area contributed by atoms with Crippen LogP contribution in [0.2, 0.25) is 5.02 Å². The molecule has 2 amide bonds. The fourth-order valence-electron chi connectivity index (χ4n) is 2.47. The van der Waals surface area contributed by atoms with Crippen molar-refractivity contribution < 1.29 is 22.8 Å². The quantitative estimate of drug-likeness (QED) is 0.449. The largest absolute Gasteiger partial charge is 0.416 e. The zero-order chi connectivity index (χ0) is 22.6. The molecule has 0 spiro atoms. The minimum absolute atomic E-state index is 0.00533. The van der Waals surface area contributed by atoms with Crippen molar-refractivity contribution in [3.05, 3.63) is 53.1 Å². The maximum absolute atomic E-state index is 12.8. The van der Waals surface area contributed by atoms with Gasteiger partial charge in [0.05, 0.1) is 22.0 Å². The predicted octanol–water partition coefficient (Wildman–Crippen LogP) is 4.83. The highest BCUT2D eigenvalue weighted by Gasteiger charge is 2.31. The summed E-state index contributed by atoms with van der Waals surface area (Å²) in [5.41, 5.74) is 0.309. The van der Waals surface area contributed by atoms with Crippen molar-refractivity contribution >= 4 is 46.6 Å². The zero-order valence-corrected chi connectivity index (χ0v) is 17.5. The van der Waals surface area contributed by atoms with Gasteiger partial charge in [0, 0.05) is 18.2 Å². The van der Waals surface area contributed by atoms with Crippen molar-refractivity contribution in [2.45, 2.75) is 18.3 Å². The van der Waals surface area contributed by atoms with Gasteiger partial charge in [-0.1, -0.05) is 23.4 Å². The lowest BCUT2D eigenvalue weighted by Crippen LogP contribution is -2.15. The number of halogens is 4. The first-order valence-electron chi connectivity index (χ1n) is 8.71. The molecule has 31 heavy (non-hydrogen) atoms. The molecule has 0 saturated carbocycles. The Kier molecular flexibility index (Phi) is 6.86. The zero-order valence-electron chi connectivity index (χ0n) is 15.9. The van der Waals surface area contributed by atoms with Crippen LogP contribution in [0, 0.1) is 0 Å². The van der Waals surface area contributed by atoms with Crippen LogP contribution in [-0.4, -0.2) is 32.7 Å². The van der Waals surface area contributed by atoms with Gasteiger partial charge >= 0.3 is 6.18 Å². The van der Waals surface area contributed by atoms with Gasteiger partial charge in [-0.2, -0.15) is 13.2 Å². The van der Waals surface area contributed by atoms with Gasteiger partial charge < -0.3 is 10.6 Å². The molecule has 0 aliphatic heterocycles. The lowest BCUT2D eigenvalue weighted by molar-refractivity contribution is -0.137. The monoisotopic (exact) mass is 469 g/mol. The van der Waals surface area contributed by atoms with E-state index in [1.807, 2.05) is 0 Å². The normalized spacial score (nSPS) is 11.3. The molecule has 7 nitrogen and oxygen atoms in total. The number of nitrogens with one attached hydrogen (secondary N) is 3. The van der Waals surface area contributed by atoms with Crippen LogP contribution in [0.15, 0.2) is 47.6 Å². The molecule has 0 radical (unpaired) electrons. The lowest BCUT2D eigenvalue weighted by Gasteiger charge is -2.11. The highest BCUT2D eigenvalue weighted by molar-refractivity contribution is 7.99. The van der Waals surface area contributed by atoms with Crippen molar-refractivity contribution in [3.8, 4) is 11.4 Å². The highest BCUT2D eigenvalue weighted by atomic mass is 35.5. The number of hydrogen-bond acceptors (Lipinski definition) is 5. The Labute approximate surface area is 183 Å². The predicted molar refractivity (Wildman–Crippen MR) is 112 cm³/mol. The fraction of sp³-hybridized carbons (Fsp3) is 0.158. The van der Waals surface area contributed by atoms with E-state index >= 15 is 0 Å². The first kappa shape index (κ1) is 22.6. The van der Waals surface area contributed by atoms with Crippen LogP contribution < -0.4 is 10.6 Å². The van der Waals surface area contributed by atoms with Gasteiger partial charge in [-0.3, -0.25) is 14.7 Å². The van der Waals surface area contributed by atoms with Crippen LogP contribution in [-0.2, 0) is 15.8 Å². The van der Waals surface area contributed by atoms with Crippen LogP contribution >= 0.6 is 23.4 Å². The fourth-order valence-corrected chi connectivity index (χ4v) is 3.23. The molecule has 3 N–H and O–H groups in total. The third-order valence-electron chi connectivity index (χ3n) is 3.84. The minimum Gasteiger partial charge on any atom is -0.326 e. The number of H-pyrrole nitrogens is 1. The van der Waals surface area contributed by atoms with Gasteiger partial charge in [-0.05, 0) is 42.5 Å². The van der Waals surface area contributed by atoms with Crippen LogP contribution in [0.4, 0.5) is 24.5 Å². The summed E-state index contributed by atoms with van der Waals surface area (Å²) in [6.07, 6.45) is -4.55. The Morgan fingerprint density at radius 3 is 2.48 bits per heavy atom. The summed E-state index contributed by atoms with van der Waals surface area (Å²) in [4.78, 5) is 27.5. The lowest BCUT2D eigenvalue weighted by atomic mass is 10.2. The number of rotatable bonds is 6. The number of benzene rings is 2. The molecule has 12 heteroatoms. The second kappa shape index (κ2) is 9.40. The van der Waals surface area contributed by atoms with Crippen molar-refractivity contribution in [1.82, 2.24) is 15.2 Å². The van der Waals surface area contributed by atoms with E-state index in [4.69, 9.17) is 11.6 Å². The molecule has 1 aromatic heterocycles. The van der Waals surface area contributed by atoms with E-state index in [0.717, 1.165) is 30.0 Å². The highest BCUT2D eigenvalue weighted by Crippen LogP contribution is 2.34. The number of carbonyl (C=O) groups excluding carboxylic acids is 2. The average Bonchev–Trinajstić information content (AvgIpc) is 3.16. The summed E-state index contributed by atoms with van der Waals surface area (Å²) in [6.45, 7) is 1.41. The molecular formula is C19H15ClF3N5O2S. The molecule has 0 saturated heterocycles. The molecule has 0 bridgehead atoms. The van der Waals surface area contributed by atoms with Gasteiger partial charge in [0.25, 0.3) is 0 Å². The number of anilines is 2. The van der Waals surface area contributed by atoms with Crippen molar-refractivity contribution in [1.29, 1.82) is 0 Å². The van der Waals surface area contributed by atoms with Crippen LogP contribution in [0.1, 0.15) is 12.5 Å². The Bertz CT molecular complexity index is 1100. The summed E-state index contributed by atoms with van der Waals surface area (Å²) in [5.74, 6) is -0.419. The second-order valence-corrected chi connectivity index (χ2v) is 7.60. The molecule has 0 unspecified atom stereocenters. The maximum Gasteiger partial charge on any atom is 0.416 e. The standard InChI is InChI=1S/C19H15ClF3N5O2S/c1-10(29)24-13-5-2-11(3-6-13)17-26-18(28-27-17)31-9-16(30)25-15-8-12(19(21,22)23)4-7-14(15)20/h2-8H,9H2,1H3,(H,24,29)(H,25,30)(H,26,27,28). The van der Waals surface area contributed by atoms with E-state index in [2.05, 4.69) is 25.8 Å². The molecule has 0 aliphatic rings. The molecular weight excluding hydrogens is 455 g/mol. The van der Waals surface area contributed by atoms with Crippen molar-refractivity contribution in [2.24, 2.45) is 0 Å². The molecule has 3 rings (SSSR count). The van der Waals surface area contributed by atoms with E-state index in [1.54, 1.807) is 24.3 Å². The molecule has 0 fully saturated rings. The number of aromatic amines is 1. The van der Waals surface area contributed by atoms with Crippen LogP contribution in [0.3, 0.4) is 0 Å². The van der Waals surface area contributed by atoms with Gasteiger partial charge in [0.15, 0.2) is 5.82 Å². The molecule has 1 heterocycles. The number of alkyl halides is 3. The molecule has 162 valence electrons. The third-order valence-corrected chi connectivity index (χ3v) is 5.02. The Hall–Kier alpha value is -3.05. The first-order chi connectivity index (χ1) is 14.6. The molecule has 2 aromatic carbocycles. The SMILES string of the molecule is CC(=O)Nc1ccc(-c2nc(SCC(=O)Nc3cc(C(F)(F)F)ccc3Cl)n[nH]2)cc1. The Morgan fingerprint density at radius 2 is 1.84 bits per heavy atom.